The first-order valence-electron chi connectivity index (χ1n) is 12.2. The van der Waals surface area contributed by atoms with Crippen LogP contribution < -0.4 is 10.6 Å². The van der Waals surface area contributed by atoms with Gasteiger partial charge in [-0.2, -0.15) is 0 Å². The maximum atomic E-state index is 13.0. The lowest BCUT2D eigenvalue weighted by molar-refractivity contribution is 0.0977. The Morgan fingerprint density at radius 2 is 1.64 bits per heavy atom. The fourth-order valence-electron chi connectivity index (χ4n) is 5.52. The second-order valence-corrected chi connectivity index (χ2v) is 9.39. The van der Waals surface area contributed by atoms with Crippen LogP contribution >= 0.6 is 0 Å². The van der Waals surface area contributed by atoms with E-state index in [1.807, 2.05) is 44.2 Å². The molecular weight excluding hydrogens is 452 g/mol. The van der Waals surface area contributed by atoms with Crippen molar-refractivity contribution < 1.29 is 9.53 Å². The van der Waals surface area contributed by atoms with Gasteiger partial charge in [0, 0.05) is 48.4 Å². The Kier molecular flexibility index (Phi) is 6.44. The maximum Gasteiger partial charge on any atom is 0.409 e. The SMILES string of the molecule is Cc1c(N)cc(CN=[N+]=[N-])c(C)c1N1CCN(C(=O)OCC2c3ccccc3-c3ccccc32)CC1. The van der Waals surface area contributed by atoms with Crippen LogP contribution in [0, 0.1) is 13.8 Å². The molecule has 1 saturated heterocycles. The molecule has 1 heterocycles. The molecule has 3 aromatic carbocycles. The molecule has 0 bridgehead atoms. The number of nitrogens with two attached hydrogens (primary N) is 1. The van der Waals surface area contributed by atoms with Gasteiger partial charge in [-0.15, -0.1) is 0 Å². The van der Waals surface area contributed by atoms with Crippen LogP contribution in [0.2, 0.25) is 0 Å². The number of amides is 1. The van der Waals surface area contributed by atoms with Gasteiger partial charge in [0.25, 0.3) is 0 Å². The molecule has 8 nitrogen and oxygen atoms in total. The molecule has 1 aliphatic carbocycles. The summed E-state index contributed by atoms with van der Waals surface area (Å²) < 4.78 is 5.85. The van der Waals surface area contributed by atoms with Crippen molar-refractivity contribution in [2.45, 2.75) is 26.3 Å². The highest BCUT2D eigenvalue weighted by Gasteiger charge is 2.31. The number of benzene rings is 3. The van der Waals surface area contributed by atoms with Crippen LogP contribution in [0.5, 0.6) is 0 Å². The van der Waals surface area contributed by atoms with Crippen LogP contribution in [-0.4, -0.2) is 43.8 Å². The third-order valence-electron chi connectivity index (χ3n) is 7.45. The number of hydrogen-bond acceptors (Lipinski definition) is 5. The van der Waals surface area contributed by atoms with E-state index >= 15 is 0 Å². The highest BCUT2D eigenvalue weighted by Crippen LogP contribution is 2.44. The third kappa shape index (κ3) is 4.20. The van der Waals surface area contributed by atoms with Gasteiger partial charge in [-0.1, -0.05) is 53.6 Å². The lowest BCUT2D eigenvalue weighted by Gasteiger charge is -2.37. The summed E-state index contributed by atoms with van der Waals surface area (Å²) in [6, 6.07) is 18.6. The standard InChI is InChI=1S/C28H30N6O2/c1-18-20(16-31-32-30)15-26(29)19(2)27(18)33-11-13-34(14-12-33)28(35)36-17-25-23-9-5-3-7-21(23)22-8-4-6-10-24(22)25/h3-10,15,25H,11-14,16-17,29H2,1-2H3. The Hall–Kier alpha value is -4.16. The molecule has 36 heavy (non-hydrogen) atoms. The van der Waals surface area contributed by atoms with E-state index in [0.717, 1.165) is 22.4 Å². The van der Waals surface area contributed by atoms with E-state index in [-0.39, 0.29) is 18.6 Å². The first-order chi connectivity index (χ1) is 17.5. The van der Waals surface area contributed by atoms with Crippen molar-refractivity contribution in [3.05, 3.63) is 92.9 Å². The molecule has 3 aromatic rings. The molecule has 0 saturated carbocycles. The minimum absolute atomic E-state index is 0.0507. The van der Waals surface area contributed by atoms with Crippen molar-refractivity contribution in [3.8, 4) is 11.1 Å². The fourth-order valence-corrected chi connectivity index (χ4v) is 5.52. The van der Waals surface area contributed by atoms with E-state index in [9.17, 15) is 4.79 Å². The maximum absolute atomic E-state index is 13.0. The Morgan fingerprint density at radius 3 is 2.25 bits per heavy atom. The molecule has 0 radical (unpaired) electrons. The lowest BCUT2D eigenvalue weighted by atomic mass is 9.98. The van der Waals surface area contributed by atoms with Crippen LogP contribution in [0.3, 0.4) is 0 Å². The normalized spacial score (nSPS) is 14.7. The number of fused-ring (bicyclic) bond motifs is 3. The predicted molar refractivity (Wildman–Crippen MR) is 142 cm³/mol. The van der Waals surface area contributed by atoms with Crippen molar-refractivity contribution in [2.75, 3.05) is 43.4 Å². The van der Waals surface area contributed by atoms with Gasteiger partial charge in [0.2, 0.25) is 0 Å². The Labute approximate surface area is 210 Å². The van der Waals surface area contributed by atoms with Crippen molar-refractivity contribution >= 4 is 17.5 Å². The van der Waals surface area contributed by atoms with Gasteiger partial charge in [-0.25, -0.2) is 4.79 Å². The zero-order chi connectivity index (χ0) is 25.2. The number of carbonyl (C=O) groups excluding carboxylic acids is 1. The van der Waals surface area contributed by atoms with Gasteiger partial charge < -0.3 is 20.3 Å². The zero-order valence-electron chi connectivity index (χ0n) is 20.6. The summed E-state index contributed by atoms with van der Waals surface area (Å²) in [5.74, 6) is 0.0507. The van der Waals surface area contributed by atoms with E-state index in [4.69, 9.17) is 16.0 Å². The molecule has 5 rings (SSSR count). The van der Waals surface area contributed by atoms with Gasteiger partial charge in [0.05, 0.1) is 6.54 Å². The van der Waals surface area contributed by atoms with Gasteiger partial charge in [-0.3, -0.25) is 0 Å². The predicted octanol–water partition coefficient (Wildman–Crippen LogP) is 5.77. The first-order valence-corrected chi connectivity index (χ1v) is 12.2. The molecule has 0 spiro atoms. The van der Waals surface area contributed by atoms with Crippen LogP contribution in [0.4, 0.5) is 16.2 Å². The molecule has 2 aliphatic rings. The molecular formula is C28H30N6O2. The molecule has 0 atom stereocenters. The van der Waals surface area contributed by atoms with Crippen LogP contribution in [0.25, 0.3) is 21.6 Å². The monoisotopic (exact) mass is 482 g/mol. The molecule has 1 aliphatic heterocycles. The van der Waals surface area contributed by atoms with E-state index < -0.39 is 0 Å². The number of nitrogens with zero attached hydrogens (tertiary/aromatic N) is 5. The van der Waals surface area contributed by atoms with E-state index in [0.29, 0.717) is 38.5 Å². The van der Waals surface area contributed by atoms with Crippen molar-refractivity contribution in [2.24, 2.45) is 5.11 Å². The van der Waals surface area contributed by atoms with Crippen LogP contribution in [0.15, 0.2) is 59.7 Å². The molecule has 8 heteroatoms. The summed E-state index contributed by atoms with van der Waals surface area (Å²) in [6.07, 6.45) is -0.276. The van der Waals surface area contributed by atoms with Crippen molar-refractivity contribution in [1.29, 1.82) is 0 Å². The minimum Gasteiger partial charge on any atom is -0.448 e. The first kappa shape index (κ1) is 23.6. The molecule has 1 amide bonds. The largest absolute Gasteiger partial charge is 0.448 e. The number of hydrogen-bond donors (Lipinski definition) is 1. The Bertz CT molecular complexity index is 1310. The summed E-state index contributed by atoms with van der Waals surface area (Å²) in [6.45, 7) is 7.11. The van der Waals surface area contributed by atoms with Crippen molar-refractivity contribution in [3.63, 3.8) is 0 Å². The number of nitrogen functional groups attached to an aromatic ring is 1. The van der Waals surface area contributed by atoms with E-state index in [1.165, 1.54) is 22.3 Å². The summed E-state index contributed by atoms with van der Waals surface area (Å²) in [4.78, 5) is 19.9. The summed E-state index contributed by atoms with van der Waals surface area (Å²) in [5, 5.41) is 3.71. The van der Waals surface area contributed by atoms with Gasteiger partial charge in [-0.05, 0) is 64.4 Å². The molecule has 2 N–H and O–H groups in total. The number of carbonyl (C=O) groups is 1. The molecule has 0 aromatic heterocycles. The Balaban J connectivity index is 1.25. The number of azide groups is 1. The summed E-state index contributed by atoms with van der Waals surface area (Å²) in [7, 11) is 0. The highest BCUT2D eigenvalue weighted by atomic mass is 16.6. The number of anilines is 2. The number of rotatable bonds is 5. The molecule has 1 fully saturated rings. The highest BCUT2D eigenvalue weighted by molar-refractivity contribution is 5.79. The van der Waals surface area contributed by atoms with Gasteiger partial charge >= 0.3 is 6.09 Å². The topological polar surface area (TPSA) is 108 Å². The smallest absolute Gasteiger partial charge is 0.409 e. The average Bonchev–Trinajstić information content (AvgIpc) is 3.23. The lowest BCUT2D eigenvalue weighted by Crippen LogP contribution is -2.49. The third-order valence-corrected chi connectivity index (χ3v) is 7.45. The fraction of sp³-hybridized carbons (Fsp3) is 0.321. The zero-order valence-corrected chi connectivity index (χ0v) is 20.6. The second-order valence-electron chi connectivity index (χ2n) is 9.39. The van der Waals surface area contributed by atoms with Crippen LogP contribution in [0.1, 0.15) is 33.7 Å². The van der Waals surface area contributed by atoms with E-state index in [1.54, 1.807) is 4.90 Å². The molecule has 0 unspecified atom stereocenters. The minimum atomic E-state index is -0.276. The second kappa shape index (κ2) is 9.84. The quantitative estimate of drug-likeness (QED) is 0.216. The van der Waals surface area contributed by atoms with Crippen LogP contribution in [-0.2, 0) is 11.3 Å². The van der Waals surface area contributed by atoms with Gasteiger partial charge in [0.1, 0.15) is 6.61 Å². The Morgan fingerprint density at radius 1 is 1.03 bits per heavy atom. The van der Waals surface area contributed by atoms with Crippen molar-refractivity contribution in [1.82, 2.24) is 4.90 Å². The number of piperazine rings is 1. The number of ether oxygens (including phenoxy) is 1. The molecule has 184 valence electrons. The average molecular weight is 483 g/mol. The van der Waals surface area contributed by atoms with E-state index in [2.05, 4.69) is 39.2 Å². The summed E-state index contributed by atoms with van der Waals surface area (Å²) in [5.41, 5.74) is 24.6. The summed E-state index contributed by atoms with van der Waals surface area (Å²) >= 11 is 0. The van der Waals surface area contributed by atoms with Gasteiger partial charge in [0.15, 0.2) is 0 Å².